The van der Waals surface area contributed by atoms with Crippen molar-refractivity contribution < 1.29 is 9.90 Å². The highest BCUT2D eigenvalue weighted by molar-refractivity contribution is 5.94. The number of aliphatic hydroxyl groups excluding tert-OH is 1. The van der Waals surface area contributed by atoms with Gasteiger partial charge in [0.05, 0.1) is 18.0 Å². The normalized spacial score (nSPS) is 12.2. The lowest BCUT2D eigenvalue weighted by molar-refractivity contribution is 0.100. The minimum absolute atomic E-state index is 0.0352. The first kappa shape index (κ1) is 12.3. The zero-order valence-electron chi connectivity index (χ0n) is 9.47. The zero-order valence-corrected chi connectivity index (χ0v) is 9.47. The monoisotopic (exact) mass is 223 g/mol. The van der Waals surface area contributed by atoms with E-state index in [4.69, 9.17) is 16.6 Å². The first-order chi connectivity index (χ1) is 7.47. The molecule has 0 aliphatic heterocycles. The predicted molar refractivity (Wildman–Crippen MR) is 64.3 cm³/mol. The van der Waals surface area contributed by atoms with Gasteiger partial charge in [-0.05, 0) is 25.1 Å². The zero-order chi connectivity index (χ0) is 12.3. The average molecular weight is 223 g/mol. The molecule has 0 aliphatic carbocycles. The quantitative estimate of drug-likeness (QED) is 0.635. The number of hydrogen-bond acceptors (Lipinski definition) is 4. The molecule has 1 unspecified atom stereocenters. The number of amides is 1. The van der Waals surface area contributed by atoms with Crippen molar-refractivity contribution in [3.8, 4) is 0 Å². The van der Waals surface area contributed by atoms with Gasteiger partial charge in [-0.3, -0.25) is 4.79 Å². The number of carbonyl (C=O) groups is 1. The molecule has 0 fully saturated rings. The Hall–Kier alpha value is -1.75. The van der Waals surface area contributed by atoms with Gasteiger partial charge in [0.15, 0.2) is 0 Å². The van der Waals surface area contributed by atoms with Crippen molar-refractivity contribution in [2.45, 2.75) is 13.0 Å². The minimum Gasteiger partial charge on any atom is -0.397 e. The highest BCUT2D eigenvalue weighted by Crippen LogP contribution is 2.24. The predicted octanol–water partition coefficient (Wildman–Crippen LogP) is 0.185. The molecular formula is C11H17N3O2. The summed E-state index contributed by atoms with van der Waals surface area (Å²) in [4.78, 5) is 12.8. The van der Waals surface area contributed by atoms with Crippen LogP contribution in [0.25, 0.3) is 0 Å². The molecule has 1 rings (SSSR count). The fraction of sp³-hybridized carbons (Fsp3) is 0.364. The molecule has 1 aromatic carbocycles. The first-order valence-electron chi connectivity index (χ1n) is 5.00. The molecule has 0 bridgehead atoms. The molecule has 0 aliphatic rings. The molecule has 0 spiro atoms. The van der Waals surface area contributed by atoms with Crippen LogP contribution >= 0.6 is 0 Å². The van der Waals surface area contributed by atoms with E-state index in [0.717, 1.165) is 5.69 Å². The van der Waals surface area contributed by atoms with Crippen molar-refractivity contribution in [1.82, 2.24) is 0 Å². The van der Waals surface area contributed by atoms with E-state index in [-0.39, 0.29) is 12.6 Å². The van der Waals surface area contributed by atoms with Crippen LogP contribution < -0.4 is 16.4 Å². The van der Waals surface area contributed by atoms with Gasteiger partial charge < -0.3 is 21.5 Å². The summed E-state index contributed by atoms with van der Waals surface area (Å²) in [6.45, 7) is 1.91. The Morgan fingerprint density at radius 2 is 2.19 bits per heavy atom. The van der Waals surface area contributed by atoms with Crippen LogP contribution in [0.5, 0.6) is 0 Å². The fourth-order valence-corrected chi connectivity index (χ4v) is 1.39. The van der Waals surface area contributed by atoms with Gasteiger partial charge in [0.2, 0.25) is 5.91 Å². The number of aliphatic hydroxyl groups is 1. The summed E-state index contributed by atoms with van der Waals surface area (Å²) >= 11 is 0. The van der Waals surface area contributed by atoms with Gasteiger partial charge in [-0.25, -0.2) is 0 Å². The number of likely N-dealkylation sites (N-methyl/N-ethyl adjacent to an activating group) is 1. The Morgan fingerprint density at radius 3 is 2.62 bits per heavy atom. The van der Waals surface area contributed by atoms with Gasteiger partial charge in [-0.15, -0.1) is 0 Å². The van der Waals surface area contributed by atoms with Crippen molar-refractivity contribution >= 4 is 17.3 Å². The number of carbonyl (C=O) groups excluding carboxylic acids is 1. The molecule has 0 heterocycles. The average Bonchev–Trinajstić information content (AvgIpc) is 2.26. The van der Waals surface area contributed by atoms with Crippen LogP contribution in [-0.2, 0) is 0 Å². The highest BCUT2D eigenvalue weighted by atomic mass is 16.3. The van der Waals surface area contributed by atoms with Crippen LogP contribution in [0.15, 0.2) is 18.2 Å². The van der Waals surface area contributed by atoms with Gasteiger partial charge in [-0.1, -0.05) is 0 Å². The lowest BCUT2D eigenvalue weighted by atomic mass is 10.1. The molecule has 1 atom stereocenters. The largest absolute Gasteiger partial charge is 0.397 e. The Labute approximate surface area is 94.7 Å². The number of primary amides is 1. The third-order valence-corrected chi connectivity index (χ3v) is 2.62. The van der Waals surface area contributed by atoms with Crippen LogP contribution in [0.4, 0.5) is 11.4 Å². The van der Waals surface area contributed by atoms with Crippen LogP contribution in [0.3, 0.4) is 0 Å². The van der Waals surface area contributed by atoms with Gasteiger partial charge >= 0.3 is 0 Å². The second-order valence-electron chi connectivity index (χ2n) is 3.78. The molecule has 5 N–H and O–H groups in total. The molecular weight excluding hydrogens is 206 g/mol. The fourth-order valence-electron chi connectivity index (χ4n) is 1.39. The van der Waals surface area contributed by atoms with E-state index in [1.807, 2.05) is 18.9 Å². The van der Waals surface area contributed by atoms with Crippen molar-refractivity contribution in [1.29, 1.82) is 0 Å². The van der Waals surface area contributed by atoms with Crippen LogP contribution in [-0.4, -0.2) is 30.7 Å². The van der Waals surface area contributed by atoms with Gasteiger partial charge in [0.1, 0.15) is 0 Å². The summed E-state index contributed by atoms with van der Waals surface area (Å²) in [6.07, 6.45) is 0. The van der Waals surface area contributed by atoms with E-state index >= 15 is 0 Å². The van der Waals surface area contributed by atoms with E-state index in [9.17, 15) is 4.79 Å². The van der Waals surface area contributed by atoms with Crippen LogP contribution in [0, 0.1) is 0 Å². The van der Waals surface area contributed by atoms with Gasteiger partial charge in [-0.2, -0.15) is 0 Å². The van der Waals surface area contributed by atoms with Gasteiger partial charge in [0, 0.05) is 18.7 Å². The molecule has 16 heavy (non-hydrogen) atoms. The number of anilines is 2. The molecule has 0 saturated carbocycles. The Bertz CT molecular complexity index is 393. The second-order valence-corrected chi connectivity index (χ2v) is 3.78. The van der Waals surface area contributed by atoms with Crippen molar-refractivity contribution in [2.75, 3.05) is 24.3 Å². The molecule has 1 amide bonds. The molecule has 1 aromatic rings. The van der Waals surface area contributed by atoms with Crippen molar-refractivity contribution in [3.05, 3.63) is 23.8 Å². The number of rotatable bonds is 4. The van der Waals surface area contributed by atoms with Gasteiger partial charge in [0.25, 0.3) is 0 Å². The third-order valence-electron chi connectivity index (χ3n) is 2.62. The number of nitrogen functional groups attached to an aromatic ring is 1. The molecule has 5 nitrogen and oxygen atoms in total. The maximum absolute atomic E-state index is 10.9. The summed E-state index contributed by atoms with van der Waals surface area (Å²) in [5.74, 6) is -0.504. The van der Waals surface area contributed by atoms with E-state index in [0.29, 0.717) is 11.3 Å². The molecule has 5 heteroatoms. The Kier molecular flexibility index (Phi) is 3.73. The number of nitrogens with zero attached hydrogens (tertiary/aromatic N) is 1. The molecule has 88 valence electrons. The SMILES string of the molecule is CC(CO)N(C)c1ccc(C(N)=O)cc1N. The number of nitrogens with two attached hydrogens (primary N) is 2. The van der Waals surface area contributed by atoms with Crippen molar-refractivity contribution in [3.63, 3.8) is 0 Å². The number of hydrogen-bond donors (Lipinski definition) is 3. The summed E-state index contributed by atoms with van der Waals surface area (Å²) in [6, 6.07) is 4.84. The molecule has 0 aromatic heterocycles. The standard InChI is InChI=1S/C11H17N3O2/c1-7(6-15)14(2)10-4-3-8(11(13)16)5-9(10)12/h3-5,7,15H,6,12H2,1-2H3,(H2,13,16). The van der Waals surface area contributed by atoms with Crippen LogP contribution in [0.1, 0.15) is 17.3 Å². The number of benzene rings is 1. The lowest BCUT2D eigenvalue weighted by Crippen LogP contribution is -2.32. The van der Waals surface area contributed by atoms with E-state index in [1.165, 1.54) is 6.07 Å². The Morgan fingerprint density at radius 1 is 1.56 bits per heavy atom. The topological polar surface area (TPSA) is 92.6 Å². The summed E-state index contributed by atoms with van der Waals surface area (Å²) < 4.78 is 0. The van der Waals surface area contributed by atoms with E-state index < -0.39 is 5.91 Å². The minimum atomic E-state index is -0.504. The lowest BCUT2D eigenvalue weighted by Gasteiger charge is -2.26. The first-order valence-corrected chi connectivity index (χ1v) is 5.00. The second kappa shape index (κ2) is 4.85. The summed E-state index contributed by atoms with van der Waals surface area (Å²) in [7, 11) is 1.83. The smallest absolute Gasteiger partial charge is 0.248 e. The van der Waals surface area contributed by atoms with E-state index in [2.05, 4.69) is 0 Å². The van der Waals surface area contributed by atoms with Crippen molar-refractivity contribution in [2.24, 2.45) is 5.73 Å². The summed E-state index contributed by atoms with van der Waals surface area (Å²) in [5.41, 5.74) is 12.6. The van der Waals surface area contributed by atoms with E-state index in [1.54, 1.807) is 12.1 Å². The maximum Gasteiger partial charge on any atom is 0.248 e. The third kappa shape index (κ3) is 2.43. The summed E-state index contributed by atoms with van der Waals surface area (Å²) in [5, 5.41) is 9.04. The Balaban J connectivity index is 3.03. The maximum atomic E-state index is 10.9. The molecule has 0 saturated heterocycles. The molecule has 0 radical (unpaired) electrons. The van der Waals surface area contributed by atoms with Crippen LogP contribution in [0.2, 0.25) is 0 Å². The highest BCUT2D eigenvalue weighted by Gasteiger charge is 2.12.